The van der Waals surface area contributed by atoms with Crippen LogP contribution in [0.3, 0.4) is 0 Å². The van der Waals surface area contributed by atoms with Gasteiger partial charge >= 0.3 is 11.9 Å². The summed E-state index contributed by atoms with van der Waals surface area (Å²) in [5.41, 5.74) is -0.307. The van der Waals surface area contributed by atoms with Crippen LogP contribution in [-0.4, -0.2) is 68.2 Å². The van der Waals surface area contributed by atoms with Crippen molar-refractivity contribution in [3.8, 4) is 0 Å². The van der Waals surface area contributed by atoms with E-state index in [2.05, 4.69) is 6.92 Å². The van der Waals surface area contributed by atoms with Crippen molar-refractivity contribution in [3.05, 3.63) is 11.6 Å². The minimum absolute atomic E-state index is 0.0598. The summed E-state index contributed by atoms with van der Waals surface area (Å²) in [4.78, 5) is 40.5. The molecule has 0 aromatic carbocycles. The zero-order valence-corrected chi connectivity index (χ0v) is 20.3. The number of carbonyl (C=O) groups excluding carboxylic acids is 3. The number of likely N-dealkylation sites (N-methyl/N-ethyl adjacent to an activating group) is 1. The normalized spacial score (nSPS) is 40.6. The number of aliphatic hydroxyl groups excluding tert-OH is 1. The Kier molecular flexibility index (Phi) is 7.20. The van der Waals surface area contributed by atoms with Gasteiger partial charge in [-0.1, -0.05) is 25.8 Å². The van der Waals surface area contributed by atoms with Crippen LogP contribution in [0.15, 0.2) is 11.6 Å². The Morgan fingerprint density at radius 2 is 1.94 bits per heavy atom. The van der Waals surface area contributed by atoms with Gasteiger partial charge in [0.05, 0.1) is 12.5 Å². The highest BCUT2D eigenvalue weighted by atomic mass is 16.5. The highest BCUT2D eigenvalue weighted by Gasteiger charge is 2.66. The number of aliphatic hydroxyl groups is 1. The molecule has 3 aliphatic carbocycles. The second-order valence-electron chi connectivity index (χ2n) is 10.7. The van der Waals surface area contributed by atoms with E-state index in [0.29, 0.717) is 26.0 Å². The lowest BCUT2D eigenvalue weighted by Crippen LogP contribution is -2.65. The predicted octanol–water partition coefficient (Wildman–Crippen LogP) is 2.61. The molecule has 3 saturated carbocycles. The van der Waals surface area contributed by atoms with Crippen LogP contribution in [0.1, 0.15) is 52.9 Å². The fraction of sp³-hybridized carbons (Fsp3) is 0.800. The molecule has 0 aliphatic heterocycles. The van der Waals surface area contributed by atoms with Crippen LogP contribution in [0.5, 0.6) is 0 Å². The second kappa shape index (κ2) is 9.26. The highest BCUT2D eigenvalue weighted by molar-refractivity contribution is 5.90. The summed E-state index contributed by atoms with van der Waals surface area (Å²) in [6, 6.07) is 0. The fourth-order valence-corrected chi connectivity index (χ4v) is 7.04. The van der Waals surface area contributed by atoms with Gasteiger partial charge in [0.1, 0.15) is 12.7 Å². The first-order chi connectivity index (χ1) is 15.0. The number of ether oxygens (including phenoxy) is 2. The maximum Gasteiger partial charge on any atom is 0.330 e. The number of ketones is 1. The molecule has 0 amide bonds. The van der Waals surface area contributed by atoms with Crippen molar-refractivity contribution in [2.75, 3.05) is 34.4 Å². The third kappa shape index (κ3) is 4.14. The molecule has 7 heteroatoms. The first-order valence-electron chi connectivity index (χ1n) is 11.8. The standard InChI is InChI=1S/C25H39NO6/c1-15-16(14-18(27)32-13-12-26(4)5)8-9-17-19(15)20(28)21(29)22-24(17,2)10-7-11-25(22,3)23(30)31-6/h14-15,17,19,21-22,29H,7-13H2,1-6H3/b16-14+/t15-,17+,19-,21+,22-,24+,25+/m1/s1. The van der Waals surface area contributed by atoms with Crippen molar-refractivity contribution in [3.63, 3.8) is 0 Å². The molecule has 0 heterocycles. The van der Waals surface area contributed by atoms with E-state index in [4.69, 9.17) is 9.47 Å². The zero-order valence-electron chi connectivity index (χ0n) is 20.3. The van der Waals surface area contributed by atoms with E-state index in [1.165, 1.54) is 7.11 Å². The average molecular weight is 450 g/mol. The SMILES string of the molecule is COC(=O)[C@@]1(C)CCC[C@]2(C)[C@H]1[C@@H](O)C(=O)[C@@H]1[C@H](C)/C(=C/C(=O)OCCN(C)C)CC[C@@H]12. The van der Waals surface area contributed by atoms with Crippen LogP contribution >= 0.6 is 0 Å². The molecule has 7 atom stereocenters. The minimum Gasteiger partial charge on any atom is -0.469 e. The van der Waals surface area contributed by atoms with E-state index in [1.807, 2.05) is 32.8 Å². The molecule has 3 aliphatic rings. The molecule has 0 aromatic heterocycles. The van der Waals surface area contributed by atoms with Crippen molar-refractivity contribution >= 4 is 17.7 Å². The predicted molar refractivity (Wildman–Crippen MR) is 120 cm³/mol. The van der Waals surface area contributed by atoms with Crippen molar-refractivity contribution in [2.24, 2.45) is 34.5 Å². The summed E-state index contributed by atoms with van der Waals surface area (Å²) in [6.45, 7) is 6.94. The van der Waals surface area contributed by atoms with E-state index in [-0.39, 0.29) is 40.9 Å². The summed E-state index contributed by atoms with van der Waals surface area (Å²) in [7, 11) is 5.20. The number of Topliss-reactive ketones (excluding diaryl/α,β-unsaturated/α-hetero) is 1. The smallest absolute Gasteiger partial charge is 0.330 e. The van der Waals surface area contributed by atoms with Crippen LogP contribution in [0.4, 0.5) is 0 Å². The number of hydrogen-bond donors (Lipinski definition) is 1. The molecule has 1 N–H and O–H groups in total. The average Bonchev–Trinajstić information content (AvgIpc) is 2.72. The summed E-state index contributed by atoms with van der Waals surface area (Å²) >= 11 is 0. The van der Waals surface area contributed by atoms with E-state index < -0.39 is 17.4 Å². The van der Waals surface area contributed by atoms with Crippen LogP contribution < -0.4 is 0 Å². The van der Waals surface area contributed by atoms with E-state index in [1.54, 1.807) is 6.08 Å². The summed E-state index contributed by atoms with van der Waals surface area (Å²) in [5.74, 6) is -1.83. The third-order valence-corrected chi connectivity index (χ3v) is 8.63. The van der Waals surface area contributed by atoms with Gasteiger partial charge in [-0.2, -0.15) is 0 Å². The first kappa shape index (κ1) is 24.9. The van der Waals surface area contributed by atoms with Gasteiger partial charge in [-0.25, -0.2) is 4.79 Å². The molecule has 3 fully saturated rings. The molecule has 0 spiro atoms. The van der Waals surface area contributed by atoms with Gasteiger partial charge in [-0.3, -0.25) is 9.59 Å². The highest BCUT2D eigenvalue weighted by Crippen LogP contribution is 2.64. The quantitative estimate of drug-likeness (QED) is 0.509. The summed E-state index contributed by atoms with van der Waals surface area (Å²) in [6.07, 6.45) is 4.15. The number of carbonyl (C=O) groups is 3. The molecule has 0 aromatic rings. The van der Waals surface area contributed by atoms with E-state index in [9.17, 15) is 19.5 Å². The molecule has 7 nitrogen and oxygen atoms in total. The number of rotatable bonds is 5. The lowest BCUT2D eigenvalue weighted by Gasteiger charge is -2.61. The van der Waals surface area contributed by atoms with Crippen LogP contribution in [-0.2, 0) is 23.9 Å². The van der Waals surface area contributed by atoms with Crippen molar-refractivity contribution < 1.29 is 29.0 Å². The van der Waals surface area contributed by atoms with Gasteiger partial charge in [0.2, 0.25) is 0 Å². The van der Waals surface area contributed by atoms with Gasteiger partial charge in [0.15, 0.2) is 5.78 Å². The fourth-order valence-electron chi connectivity index (χ4n) is 7.04. The number of nitrogens with zero attached hydrogens (tertiary/aromatic N) is 1. The molecule has 0 bridgehead atoms. The number of hydrogen-bond acceptors (Lipinski definition) is 7. The Balaban J connectivity index is 1.87. The van der Waals surface area contributed by atoms with Gasteiger partial charge in [-0.15, -0.1) is 0 Å². The van der Waals surface area contributed by atoms with Gasteiger partial charge in [0, 0.05) is 24.5 Å². The summed E-state index contributed by atoms with van der Waals surface area (Å²) in [5, 5.41) is 11.2. The lowest BCUT2D eigenvalue weighted by molar-refractivity contribution is -0.198. The molecule has 0 saturated heterocycles. The molecule has 32 heavy (non-hydrogen) atoms. The molecule has 0 radical (unpaired) electrons. The Bertz CT molecular complexity index is 791. The molecular weight excluding hydrogens is 410 g/mol. The number of allylic oxidation sites excluding steroid dienone is 1. The second-order valence-corrected chi connectivity index (χ2v) is 10.7. The Hall–Kier alpha value is -1.73. The van der Waals surface area contributed by atoms with Gasteiger partial charge in [0.25, 0.3) is 0 Å². The van der Waals surface area contributed by atoms with Crippen LogP contribution in [0, 0.1) is 34.5 Å². The van der Waals surface area contributed by atoms with Gasteiger partial charge < -0.3 is 19.5 Å². The monoisotopic (exact) mass is 449 g/mol. The minimum atomic E-state index is -1.21. The van der Waals surface area contributed by atoms with E-state index >= 15 is 0 Å². The topological polar surface area (TPSA) is 93.1 Å². The molecule has 180 valence electrons. The third-order valence-electron chi connectivity index (χ3n) is 8.63. The van der Waals surface area contributed by atoms with Crippen molar-refractivity contribution in [1.29, 1.82) is 0 Å². The van der Waals surface area contributed by atoms with Crippen molar-refractivity contribution in [2.45, 2.75) is 59.0 Å². The maximum absolute atomic E-state index is 13.5. The van der Waals surface area contributed by atoms with E-state index in [0.717, 1.165) is 24.8 Å². The Morgan fingerprint density at radius 1 is 1.25 bits per heavy atom. The first-order valence-corrected chi connectivity index (χ1v) is 11.8. The Morgan fingerprint density at radius 3 is 2.56 bits per heavy atom. The van der Waals surface area contributed by atoms with Gasteiger partial charge in [-0.05, 0) is 64.0 Å². The largest absolute Gasteiger partial charge is 0.469 e. The number of methoxy groups -OCH3 is 1. The van der Waals surface area contributed by atoms with Crippen LogP contribution in [0.25, 0.3) is 0 Å². The van der Waals surface area contributed by atoms with Crippen LogP contribution in [0.2, 0.25) is 0 Å². The number of fused-ring (bicyclic) bond motifs is 3. The lowest BCUT2D eigenvalue weighted by atomic mass is 9.42. The van der Waals surface area contributed by atoms with Crippen molar-refractivity contribution in [1.82, 2.24) is 4.90 Å². The molecular formula is C25H39NO6. The maximum atomic E-state index is 13.5. The molecule has 0 unspecified atom stereocenters. The summed E-state index contributed by atoms with van der Waals surface area (Å²) < 4.78 is 10.4. The zero-order chi connectivity index (χ0) is 23.8. The number of esters is 2. The Labute approximate surface area is 191 Å². The molecule has 3 rings (SSSR count).